The van der Waals surface area contributed by atoms with Gasteiger partial charge in [-0.05, 0) is 23.3 Å². The molecule has 2 aromatic carbocycles. The number of rotatable bonds is 3. The van der Waals surface area contributed by atoms with Crippen LogP contribution in [0.25, 0.3) is 0 Å². The molecule has 1 heterocycles. The van der Waals surface area contributed by atoms with Gasteiger partial charge in [0, 0.05) is 11.6 Å². The average molecular weight is 316 g/mol. The molecule has 1 unspecified atom stereocenters. The lowest BCUT2D eigenvalue weighted by Gasteiger charge is -2.33. The second-order valence-electron chi connectivity index (χ2n) is 5.41. The van der Waals surface area contributed by atoms with E-state index in [1.807, 2.05) is 59.5 Å². The van der Waals surface area contributed by atoms with Crippen molar-refractivity contribution in [3.8, 4) is 0 Å². The van der Waals surface area contributed by atoms with Crippen molar-refractivity contribution in [1.29, 1.82) is 0 Å². The molecule has 0 N–H and O–H groups in total. The van der Waals surface area contributed by atoms with Gasteiger partial charge in [-0.25, -0.2) is 0 Å². The number of halogens is 1. The molecule has 0 bridgehead atoms. The van der Waals surface area contributed by atoms with E-state index in [4.69, 9.17) is 16.3 Å². The van der Waals surface area contributed by atoms with Crippen LogP contribution in [0, 0.1) is 0 Å². The highest BCUT2D eigenvalue weighted by atomic mass is 35.5. The first kappa shape index (κ1) is 15.1. The van der Waals surface area contributed by atoms with Crippen LogP contribution in [0.4, 0.5) is 0 Å². The van der Waals surface area contributed by atoms with E-state index in [0.717, 1.165) is 11.1 Å². The lowest BCUT2D eigenvalue weighted by atomic mass is 10.1. The van der Waals surface area contributed by atoms with Crippen molar-refractivity contribution < 1.29 is 9.53 Å². The predicted molar refractivity (Wildman–Crippen MR) is 86.9 cm³/mol. The van der Waals surface area contributed by atoms with Crippen molar-refractivity contribution in [3.63, 3.8) is 0 Å². The van der Waals surface area contributed by atoms with Crippen molar-refractivity contribution in [3.05, 3.63) is 70.7 Å². The molecule has 3 nitrogen and oxygen atoms in total. The summed E-state index contributed by atoms with van der Waals surface area (Å²) < 4.78 is 5.80. The maximum absolute atomic E-state index is 12.5. The molecule has 2 aromatic rings. The van der Waals surface area contributed by atoms with Gasteiger partial charge in [-0.1, -0.05) is 54.1 Å². The number of carbonyl (C=O) groups is 1. The van der Waals surface area contributed by atoms with Crippen LogP contribution in [0.1, 0.15) is 17.2 Å². The number of benzene rings is 2. The van der Waals surface area contributed by atoms with Crippen LogP contribution in [0.3, 0.4) is 0 Å². The smallest absolute Gasteiger partial charge is 0.227 e. The highest BCUT2D eigenvalue weighted by Gasteiger charge is 2.25. The molecular weight excluding hydrogens is 298 g/mol. The number of hydrogen-bond acceptors (Lipinski definition) is 2. The summed E-state index contributed by atoms with van der Waals surface area (Å²) >= 11 is 5.87. The summed E-state index contributed by atoms with van der Waals surface area (Å²) in [6.45, 7) is 1.83. The Hall–Kier alpha value is -1.84. The fourth-order valence-electron chi connectivity index (χ4n) is 2.63. The molecule has 1 aliphatic rings. The Balaban J connectivity index is 1.64. The SMILES string of the molecule is O=C(Cc1ccc(Cl)cc1)N1CCOC(c2ccccc2)C1. The Labute approximate surface area is 135 Å². The summed E-state index contributed by atoms with van der Waals surface area (Å²) in [7, 11) is 0. The molecule has 0 aliphatic carbocycles. The molecule has 4 heteroatoms. The van der Waals surface area contributed by atoms with Gasteiger partial charge < -0.3 is 9.64 Å². The number of carbonyl (C=O) groups excluding carboxylic acids is 1. The first-order valence-electron chi connectivity index (χ1n) is 7.41. The standard InChI is InChI=1S/C18H18ClNO2/c19-16-8-6-14(7-9-16)12-18(21)20-10-11-22-17(13-20)15-4-2-1-3-5-15/h1-9,17H,10-13H2. The highest BCUT2D eigenvalue weighted by Crippen LogP contribution is 2.22. The largest absolute Gasteiger partial charge is 0.370 e. The molecule has 0 aromatic heterocycles. The summed E-state index contributed by atoms with van der Waals surface area (Å²) in [6.07, 6.45) is 0.364. The summed E-state index contributed by atoms with van der Waals surface area (Å²) in [6, 6.07) is 17.5. The van der Waals surface area contributed by atoms with E-state index in [1.54, 1.807) is 0 Å². The molecule has 0 saturated carbocycles. The monoisotopic (exact) mass is 315 g/mol. The quantitative estimate of drug-likeness (QED) is 0.868. The Morgan fingerprint density at radius 3 is 2.59 bits per heavy atom. The van der Waals surface area contributed by atoms with Crippen LogP contribution in [-0.2, 0) is 16.0 Å². The third-order valence-corrected chi connectivity index (χ3v) is 4.11. The van der Waals surface area contributed by atoms with E-state index in [9.17, 15) is 4.79 Å². The normalized spacial score (nSPS) is 18.2. The first-order valence-corrected chi connectivity index (χ1v) is 7.79. The van der Waals surface area contributed by atoms with E-state index < -0.39 is 0 Å². The van der Waals surface area contributed by atoms with Crippen LogP contribution in [0.15, 0.2) is 54.6 Å². The highest BCUT2D eigenvalue weighted by molar-refractivity contribution is 6.30. The van der Waals surface area contributed by atoms with Gasteiger partial charge >= 0.3 is 0 Å². The van der Waals surface area contributed by atoms with Gasteiger partial charge in [0.1, 0.15) is 6.10 Å². The van der Waals surface area contributed by atoms with Gasteiger partial charge in [-0.2, -0.15) is 0 Å². The number of amides is 1. The third kappa shape index (κ3) is 3.67. The molecule has 1 saturated heterocycles. The maximum atomic E-state index is 12.5. The van der Waals surface area contributed by atoms with Crippen molar-refractivity contribution in [1.82, 2.24) is 4.90 Å². The molecule has 114 valence electrons. The Kier molecular flexibility index (Phi) is 4.76. The summed E-state index contributed by atoms with van der Waals surface area (Å²) in [5.41, 5.74) is 2.10. The lowest BCUT2D eigenvalue weighted by molar-refractivity contribution is -0.138. The van der Waals surface area contributed by atoms with Crippen LogP contribution >= 0.6 is 11.6 Å². The maximum Gasteiger partial charge on any atom is 0.227 e. The number of morpholine rings is 1. The second kappa shape index (κ2) is 6.95. The van der Waals surface area contributed by atoms with E-state index in [-0.39, 0.29) is 12.0 Å². The predicted octanol–water partition coefficient (Wildman–Crippen LogP) is 3.48. The minimum Gasteiger partial charge on any atom is -0.370 e. The van der Waals surface area contributed by atoms with Crippen LogP contribution in [0.2, 0.25) is 5.02 Å². The van der Waals surface area contributed by atoms with E-state index in [2.05, 4.69) is 0 Å². The van der Waals surface area contributed by atoms with Crippen LogP contribution < -0.4 is 0 Å². The minimum atomic E-state index is -0.0379. The summed E-state index contributed by atoms with van der Waals surface area (Å²) in [5.74, 6) is 0.131. The van der Waals surface area contributed by atoms with Gasteiger partial charge in [0.2, 0.25) is 5.91 Å². The fourth-order valence-corrected chi connectivity index (χ4v) is 2.76. The van der Waals surface area contributed by atoms with E-state index in [1.165, 1.54) is 0 Å². The van der Waals surface area contributed by atoms with Gasteiger partial charge in [-0.3, -0.25) is 4.79 Å². The molecule has 1 aliphatic heterocycles. The third-order valence-electron chi connectivity index (χ3n) is 3.86. The number of ether oxygens (including phenoxy) is 1. The fraction of sp³-hybridized carbons (Fsp3) is 0.278. The van der Waals surface area contributed by atoms with E-state index in [0.29, 0.717) is 31.1 Å². The second-order valence-corrected chi connectivity index (χ2v) is 5.85. The summed E-state index contributed by atoms with van der Waals surface area (Å²) in [4.78, 5) is 14.4. The lowest BCUT2D eigenvalue weighted by Crippen LogP contribution is -2.42. The van der Waals surface area contributed by atoms with Gasteiger partial charge in [0.05, 0.1) is 19.6 Å². The van der Waals surface area contributed by atoms with Crippen molar-refractivity contribution >= 4 is 17.5 Å². The summed E-state index contributed by atoms with van der Waals surface area (Å²) in [5, 5.41) is 0.687. The minimum absolute atomic E-state index is 0.0379. The molecule has 0 radical (unpaired) electrons. The van der Waals surface area contributed by atoms with Crippen LogP contribution in [0.5, 0.6) is 0 Å². The van der Waals surface area contributed by atoms with Crippen molar-refractivity contribution in [2.24, 2.45) is 0 Å². The average Bonchev–Trinajstić information content (AvgIpc) is 2.58. The van der Waals surface area contributed by atoms with Gasteiger partial charge in [-0.15, -0.1) is 0 Å². The first-order chi connectivity index (χ1) is 10.7. The Morgan fingerprint density at radius 2 is 1.86 bits per heavy atom. The zero-order valence-corrected chi connectivity index (χ0v) is 13.0. The molecule has 1 amide bonds. The van der Waals surface area contributed by atoms with Crippen molar-refractivity contribution in [2.75, 3.05) is 19.7 Å². The zero-order valence-electron chi connectivity index (χ0n) is 12.2. The molecule has 1 atom stereocenters. The van der Waals surface area contributed by atoms with E-state index >= 15 is 0 Å². The zero-order chi connectivity index (χ0) is 15.4. The van der Waals surface area contributed by atoms with Gasteiger partial charge in [0.15, 0.2) is 0 Å². The molecule has 1 fully saturated rings. The van der Waals surface area contributed by atoms with Gasteiger partial charge in [0.25, 0.3) is 0 Å². The molecular formula is C18H18ClNO2. The Morgan fingerprint density at radius 1 is 1.14 bits per heavy atom. The van der Waals surface area contributed by atoms with Crippen molar-refractivity contribution in [2.45, 2.75) is 12.5 Å². The molecule has 3 rings (SSSR count). The number of nitrogens with zero attached hydrogens (tertiary/aromatic N) is 1. The number of hydrogen-bond donors (Lipinski definition) is 0. The molecule has 22 heavy (non-hydrogen) atoms. The van der Waals surface area contributed by atoms with Crippen LogP contribution in [-0.4, -0.2) is 30.5 Å². The Bertz CT molecular complexity index is 627. The topological polar surface area (TPSA) is 29.5 Å². The molecule has 0 spiro atoms.